The lowest BCUT2D eigenvalue weighted by molar-refractivity contribution is -0.135. The van der Waals surface area contributed by atoms with Crippen LogP contribution in [0.5, 0.6) is 5.75 Å². The van der Waals surface area contributed by atoms with Crippen molar-refractivity contribution in [2.24, 2.45) is 5.92 Å². The summed E-state index contributed by atoms with van der Waals surface area (Å²) in [5, 5.41) is 7.45. The van der Waals surface area contributed by atoms with E-state index in [0.29, 0.717) is 37.3 Å². The standard InChI is InChI=1S/C50H54N8O7/c1-27(2)41(55-49(61)63-3)47(59)57-22-6-10-39(57)45-51-25-38(53-45)31-16-17-33-32(24-31)26-65-44-35(33)19-18-34-36(44)20-21-37-43(34)54-46(52-37)40-11-7-23-58(40)48(60)42(56-50(62)64-4)30-14-12-29(13-15-30)28-8-5-9-28/h12-21,24-25,27-28,39-42H,5-11,22-23,26H2,1-4H3,(H,51,53)(H,52,54)(H,55,61)(H,56,62)/t39-,40-,41-,42+/m0/s1. The molecule has 0 spiro atoms. The van der Waals surface area contributed by atoms with Gasteiger partial charge in [0.15, 0.2) is 0 Å². The van der Waals surface area contributed by atoms with Crippen LogP contribution in [0.25, 0.3) is 44.2 Å². The first kappa shape index (κ1) is 42.1. The highest BCUT2D eigenvalue weighted by Gasteiger charge is 2.39. The van der Waals surface area contributed by atoms with Gasteiger partial charge in [-0.05, 0) is 102 Å². The first-order chi connectivity index (χ1) is 31.6. The summed E-state index contributed by atoms with van der Waals surface area (Å²) in [7, 11) is 2.60. The molecule has 3 fully saturated rings. The second kappa shape index (κ2) is 17.2. The number of aromatic nitrogens is 4. The van der Waals surface area contributed by atoms with Gasteiger partial charge in [-0.15, -0.1) is 0 Å². The molecule has 0 radical (unpaired) electrons. The summed E-state index contributed by atoms with van der Waals surface area (Å²) in [6.07, 6.45) is 7.26. The number of imidazole rings is 2. The predicted octanol–water partition coefficient (Wildman–Crippen LogP) is 8.74. The van der Waals surface area contributed by atoms with Crippen molar-refractivity contribution >= 4 is 45.8 Å². The third-order valence-electron chi connectivity index (χ3n) is 13.9. The van der Waals surface area contributed by atoms with Gasteiger partial charge in [0.1, 0.15) is 36.1 Å². The van der Waals surface area contributed by atoms with Crippen LogP contribution in [0.3, 0.4) is 0 Å². The van der Waals surface area contributed by atoms with Gasteiger partial charge in [-0.1, -0.05) is 62.7 Å². The zero-order valence-electron chi connectivity index (χ0n) is 37.1. The van der Waals surface area contributed by atoms with Crippen molar-refractivity contribution in [2.45, 2.75) is 95.5 Å². The summed E-state index contributed by atoms with van der Waals surface area (Å²) in [6, 6.07) is 20.5. The molecule has 4 aliphatic rings. The van der Waals surface area contributed by atoms with Crippen LogP contribution in [0.1, 0.15) is 111 Å². The van der Waals surface area contributed by atoms with Crippen LogP contribution in [-0.2, 0) is 25.7 Å². The van der Waals surface area contributed by atoms with Crippen LogP contribution in [0, 0.1) is 5.92 Å². The first-order valence-corrected chi connectivity index (χ1v) is 22.8. The molecule has 0 bridgehead atoms. The van der Waals surface area contributed by atoms with Gasteiger partial charge in [0, 0.05) is 29.4 Å². The molecule has 4 N–H and O–H groups in total. The summed E-state index contributed by atoms with van der Waals surface area (Å²) in [4.78, 5) is 73.2. The number of alkyl carbamates (subject to hydrolysis) is 2. The number of H-pyrrole nitrogens is 2. The van der Waals surface area contributed by atoms with Crippen molar-refractivity contribution in [3.63, 3.8) is 0 Å². The van der Waals surface area contributed by atoms with E-state index in [1.54, 1.807) is 0 Å². The quantitative estimate of drug-likeness (QED) is 0.105. The van der Waals surface area contributed by atoms with Gasteiger partial charge in [0.05, 0.1) is 49.2 Å². The molecule has 15 nitrogen and oxygen atoms in total. The van der Waals surface area contributed by atoms with Crippen LogP contribution in [0.4, 0.5) is 9.59 Å². The number of carbonyl (C=O) groups is 4. The number of amides is 4. The minimum atomic E-state index is -0.898. The fourth-order valence-corrected chi connectivity index (χ4v) is 10.2. The van der Waals surface area contributed by atoms with E-state index >= 15 is 0 Å². The SMILES string of the molecule is COC(=O)N[C@H](C(=O)N1CCC[C@H]1c1ncc(-c2ccc3c(c2)COc2c-3ccc3c2ccc2nc([C@@H]4CCCN4C(=O)[C@H](NC(=O)OC)c4ccc(C5CCC5)cc4)[nH]c23)[nH]1)C(C)C. The van der Waals surface area contributed by atoms with Gasteiger partial charge in [0.2, 0.25) is 5.91 Å². The Labute approximate surface area is 376 Å². The monoisotopic (exact) mass is 878 g/mol. The minimum Gasteiger partial charge on any atom is -0.488 e. The fraction of sp³-hybridized carbons (Fsp3) is 0.400. The summed E-state index contributed by atoms with van der Waals surface area (Å²) < 4.78 is 16.3. The Kier molecular flexibility index (Phi) is 11.2. The van der Waals surface area contributed by atoms with Crippen LogP contribution in [0.15, 0.2) is 72.9 Å². The van der Waals surface area contributed by atoms with Gasteiger partial charge < -0.3 is 44.6 Å². The number of likely N-dealkylation sites (tertiary alicyclic amines) is 2. The zero-order valence-corrected chi connectivity index (χ0v) is 37.1. The lowest BCUT2D eigenvalue weighted by atomic mass is 9.80. The van der Waals surface area contributed by atoms with Crippen LogP contribution >= 0.6 is 0 Å². The molecule has 6 aromatic rings. The zero-order chi connectivity index (χ0) is 44.9. The number of methoxy groups -OCH3 is 2. The van der Waals surface area contributed by atoms with E-state index < -0.39 is 24.3 Å². The topological polar surface area (TPSA) is 184 Å². The van der Waals surface area contributed by atoms with Crippen molar-refractivity contribution in [3.8, 4) is 28.1 Å². The Bertz CT molecular complexity index is 2810. The molecular formula is C50H54N8O7. The number of ether oxygens (including phenoxy) is 3. The molecule has 2 saturated heterocycles. The smallest absolute Gasteiger partial charge is 0.407 e. The number of benzene rings is 4. The van der Waals surface area contributed by atoms with Crippen molar-refractivity contribution in [3.05, 3.63) is 101 Å². The average molecular weight is 879 g/mol. The second-order valence-corrected chi connectivity index (χ2v) is 18.1. The Morgan fingerprint density at radius 1 is 0.754 bits per heavy atom. The van der Waals surface area contributed by atoms with E-state index in [0.717, 1.165) is 86.7 Å². The Morgan fingerprint density at radius 2 is 1.45 bits per heavy atom. The molecule has 336 valence electrons. The maximum Gasteiger partial charge on any atom is 0.407 e. The van der Waals surface area contributed by atoms with Crippen molar-refractivity contribution in [1.29, 1.82) is 0 Å². The summed E-state index contributed by atoms with van der Waals surface area (Å²) in [5.74, 6) is 2.31. The number of hydrogen-bond donors (Lipinski definition) is 4. The number of fused-ring (bicyclic) bond motifs is 7. The average Bonchev–Trinajstić information content (AvgIpc) is 4.15. The number of aromatic amines is 2. The number of nitrogens with one attached hydrogen (secondary N) is 4. The summed E-state index contributed by atoms with van der Waals surface area (Å²) in [5.41, 5.74) is 8.57. The molecule has 65 heavy (non-hydrogen) atoms. The summed E-state index contributed by atoms with van der Waals surface area (Å²) in [6.45, 7) is 5.30. The Hall–Kier alpha value is -6.90. The molecule has 5 heterocycles. The molecule has 4 aromatic carbocycles. The van der Waals surface area contributed by atoms with E-state index in [4.69, 9.17) is 24.2 Å². The van der Waals surface area contributed by atoms with Gasteiger partial charge in [-0.25, -0.2) is 19.6 Å². The van der Waals surface area contributed by atoms with E-state index in [1.165, 1.54) is 39.0 Å². The third-order valence-corrected chi connectivity index (χ3v) is 13.9. The Balaban J connectivity index is 0.886. The largest absolute Gasteiger partial charge is 0.488 e. The van der Waals surface area contributed by atoms with E-state index in [1.807, 2.05) is 48.0 Å². The highest BCUT2D eigenvalue weighted by molar-refractivity contribution is 6.09. The number of carbonyl (C=O) groups excluding carboxylic acids is 4. The van der Waals surface area contributed by atoms with Gasteiger partial charge in [-0.3, -0.25) is 9.59 Å². The number of hydrogen-bond acceptors (Lipinski definition) is 9. The first-order valence-electron chi connectivity index (χ1n) is 22.8. The highest BCUT2D eigenvalue weighted by atomic mass is 16.5. The third kappa shape index (κ3) is 7.69. The van der Waals surface area contributed by atoms with Crippen molar-refractivity contribution < 1.29 is 33.4 Å². The molecular weight excluding hydrogens is 825 g/mol. The molecule has 10 rings (SSSR count). The molecule has 1 aliphatic carbocycles. The molecule has 0 unspecified atom stereocenters. The molecule has 4 amide bonds. The van der Waals surface area contributed by atoms with Gasteiger partial charge in [0.25, 0.3) is 5.91 Å². The fourth-order valence-electron chi connectivity index (χ4n) is 10.2. The molecule has 2 aromatic heterocycles. The lowest BCUT2D eigenvalue weighted by Crippen LogP contribution is -2.51. The number of rotatable bonds is 10. The molecule has 3 aliphatic heterocycles. The normalized spacial score (nSPS) is 19.0. The maximum absolute atomic E-state index is 14.4. The lowest BCUT2D eigenvalue weighted by Gasteiger charge is -2.30. The predicted molar refractivity (Wildman–Crippen MR) is 244 cm³/mol. The Morgan fingerprint density at radius 3 is 2.15 bits per heavy atom. The minimum absolute atomic E-state index is 0.120. The van der Waals surface area contributed by atoms with Crippen LogP contribution in [-0.4, -0.2) is 87.1 Å². The molecule has 4 atom stereocenters. The van der Waals surface area contributed by atoms with E-state index in [-0.39, 0.29) is 29.8 Å². The molecule has 1 saturated carbocycles. The van der Waals surface area contributed by atoms with Gasteiger partial charge in [-0.2, -0.15) is 0 Å². The van der Waals surface area contributed by atoms with Crippen molar-refractivity contribution in [2.75, 3.05) is 27.3 Å². The van der Waals surface area contributed by atoms with Crippen molar-refractivity contribution in [1.82, 2.24) is 40.4 Å². The van der Waals surface area contributed by atoms with Gasteiger partial charge >= 0.3 is 12.2 Å². The number of nitrogens with zero attached hydrogens (tertiary/aromatic N) is 4. The van der Waals surface area contributed by atoms with E-state index in [9.17, 15) is 19.2 Å². The van der Waals surface area contributed by atoms with E-state index in [2.05, 4.69) is 69.1 Å². The summed E-state index contributed by atoms with van der Waals surface area (Å²) >= 11 is 0. The van der Waals surface area contributed by atoms with Crippen LogP contribution < -0.4 is 15.4 Å². The highest BCUT2D eigenvalue weighted by Crippen LogP contribution is 2.45. The molecule has 15 heteroatoms. The second-order valence-electron chi connectivity index (χ2n) is 18.1. The maximum atomic E-state index is 14.4. The van der Waals surface area contributed by atoms with Crippen LogP contribution in [0.2, 0.25) is 0 Å².